The molecule has 2 aromatic rings. The molecule has 0 aliphatic carbocycles. The van der Waals surface area contributed by atoms with Crippen LogP contribution in [0.5, 0.6) is 5.75 Å². The molecule has 0 bridgehead atoms. The van der Waals surface area contributed by atoms with E-state index in [4.69, 9.17) is 4.74 Å². The number of methoxy groups -OCH3 is 1. The van der Waals surface area contributed by atoms with Gasteiger partial charge in [-0.3, -0.25) is 0 Å². The lowest BCUT2D eigenvalue weighted by Gasteiger charge is -2.25. The van der Waals surface area contributed by atoms with Crippen molar-refractivity contribution in [2.45, 2.75) is 30.7 Å². The number of hydrogen-bond donors (Lipinski definition) is 0. The van der Waals surface area contributed by atoms with Crippen LogP contribution in [0.15, 0.2) is 51.8 Å². The van der Waals surface area contributed by atoms with Crippen LogP contribution in [0.1, 0.15) is 30.0 Å². The Hall–Kier alpha value is -1.37. The summed E-state index contributed by atoms with van der Waals surface area (Å²) in [6.45, 7) is 2.47. The Morgan fingerprint density at radius 1 is 1.21 bits per heavy atom. The third-order valence-corrected chi connectivity index (χ3v) is 7.24. The molecule has 0 radical (unpaired) electrons. The van der Waals surface area contributed by atoms with E-state index in [0.717, 1.165) is 29.7 Å². The van der Waals surface area contributed by atoms with E-state index in [-0.39, 0.29) is 6.04 Å². The molecule has 0 aromatic heterocycles. The highest BCUT2D eigenvalue weighted by atomic mass is 79.9. The summed E-state index contributed by atoms with van der Waals surface area (Å²) in [5.41, 5.74) is 1.99. The third kappa shape index (κ3) is 3.23. The zero-order valence-electron chi connectivity index (χ0n) is 13.7. The van der Waals surface area contributed by atoms with E-state index in [0.29, 0.717) is 15.9 Å². The standard InChI is InChI=1S/C18H20BrNO3S/c1-13-8-9-18(16(19)11-13)24(21,22)20-10-4-7-17(20)14-5-3-6-15(12-14)23-2/h3,5-6,8-9,11-12,17H,4,7,10H2,1-2H3. The van der Waals surface area contributed by atoms with E-state index in [1.54, 1.807) is 17.5 Å². The smallest absolute Gasteiger partial charge is 0.244 e. The topological polar surface area (TPSA) is 46.6 Å². The molecule has 128 valence electrons. The van der Waals surface area contributed by atoms with Crippen LogP contribution in [0.25, 0.3) is 0 Å². The molecule has 0 amide bonds. The number of nitrogens with zero attached hydrogens (tertiary/aromatic N) is 1. The van der Waals surface area contributed by atoms with Crippen molar-refractivity contribution in [1.82, 2.24) is 4.31 Å². The van der Waals surface area contributed by atoms with Gasteiger partial charge in [-0.05, 0) is 71.1 Å². The van der Waals surface area contributed by atoms with Gasteiger partial charge in [0.1, 0.15) is 5.75 Å². The average Bonchev–Trinajstić information content (AvgIpc) is 3.05. The second-order valence-corrected chi connectivity index (χ2v) is 8.70. The Kier molecular flexibility index (Phi) is 4.99. The SMILES string of the molecule is COc1cccc(C2CCCN2S(=O)(=O)c2ccc(C)cc2Br)c1. The third-order valence-electron chi connectivity index (χ3n) is 4.36. The van der Waals surface area contributed by atoms with Crippen molar-refractivity contribution >= 4 is 26.0 Å². The summed E-state index contributed by atoms with van der Waals surface area (Å²) >= 11 is 3.40. The van der Waals surface area contributed by atoms with Gasteiger partial charge in [-0.25, -0.2) is 8.42 Å². The van der Waals surface area contributed by atoms with E-state index in [9.17, 15) is 8.42 Å². The molecule has 24 heavy (non-hydrogen) atoms. The Balaban J connectivity index is 2.00. The van der Waals surface area contributed by atoms with Crippen molar-refractivity contribution in [3.05, 3.63) is 58.1 Å². The first-order valence-corrected chi connectivity index (χ1v) is 10.1. The van der Waals surface area contributed by atoms with E-state index < -0.39 is 10.0 Å². The number of sulfonamides is 1. The van der Waals surface area contributed by atoms with Gasteiger partial charge in [0.2, 0.25) is 10.0 Å². The largest absolute Gasteiger partial charge is 0.497 e. The average molecular weight is 410 g/mol. The Morgan fingerprint density at radius 3 is 2.71 bits per heavy atom. The molecule has 1 unspecified atom stereocenters. The molecule has 1 fully saturated rings. The predicted octanol–water partition coefficient (Wildman–Crippen LogP) is 4.29. The van der Waals surface area contributed by atoms with Crippen LogP contribution in [0.4, 0.5) is 0 Å². The van der Waals surface area contributed by atoms with Crippen molar-refractivity contribution in [3.8, 4) is 5.75 Å². The van der Waals surface area contributed by atoms with Crippen LogP contribution in [-0.2, 0) is 10.0 Å². The maximum absolute atomic E-state index is 13.2. The fraction of sp³-hybridized carbons (Fsp3) is 0.333. The Morgan fingerprint density at radius 2 is 2.00 bits per heavy atom. The second-order valence-electron chi connectivity index (χ2n) is 5.98. The first-order valence-electron chi connectivity index (χ1n) is 7.85. The minimum atomic E-state index is -3.56. The van der Waals surface area contributed by atoms with Crippen LogP contribution in [-0.4, -0.2) is 26.4 Å². The van der Waals surface area contributed by atoms with Crippen LogP contribution in [0.3, 0.4) is 0 Å². The molecule has 3 rings (SSSR count). The van der Waals surface area contributed by atoms with Gasteiger partial charge < -0.3 is 4.74 Å². The van der Waals surface area contributed by atoms with E-state index in [1.807, 2.05) is 43.3 Å². The first kappa shape index (κ1) is 17.5. The molecule has 0 N–H and O–H groups in total. The lowest BCUT2D eigenvalue weighted by atomic mass is 10.1. The zero-order valence-corrected chi connectivity index (χ0v) is 16.1. The van der Waals surface area contributed by atoms with Crippen LogP contribution < -0.4 is 4.74 Å². The summed E-state index contributed by atoms with van der Waals surface area (Å²) in [7, 11) is -1.94. The quantitative estimate of drug-likeness (QED) is 0.756. The van der Waals surface area contributed by atoms with Crippen molar-refractivity contribution in [3.63, 3.8) is 0 Å². The molecule has 1 aliphatic rings. The zero-order chi connectivity index (χ0) is 17.3. The minimum absolute atomic E-state index is 0.154. The molecule has 4 nitrogen and oxygen atoms in total. The molecular weight excluding hydrogens is 390 g/mol. The molecular formula is C18H20BrNO3S. The summed E-state index contributed by atoms with van der Waals surface area (Å²) in [5, 5.41) is 0. The number of benzene rings is 2. The van der Waals surface area contributed by atoms with Gasteiger partial charge in [-0.1, -0.05) is 18.2 Å². The number of halogens is 1. The summed E-state index contributed by atoms with van der Waals surface area (Å²) < 4.78 is 33.8. The predicted molar refractivity (Wildman–Crippen MR) is 97.7 cm³/mol. The van der Waals surface area contributed by atoms with Crippen molar-refractivity contribution in [2.24, 2.45) is 0 Å². The molecule has 6 heteroatoms. The molecule has 1 atom stereocenters. The van der Waals surface area contributed by atoms with Gasteiger partial charge in [0.15, 0.2) is 0 Å². The number of rotatable bonds is 4. The van der Waals surface area contributed by atoms with Gasteiger partial charge in [-0.2, -0.15) is 4.31 Å². The van der Waals surface area contributed by atoms with E-state index >= 15 is 0 Å². The number of hydrogen-bond acceptors (Lipinski definition) is 3. The van der Waals surface area contributed by atoms with Gasteiger partial charge in [-0.15, -0.1) is 0 Å². The normalized spacial score (nSPS) is 18.7. The first-order chi connectivity index (χ1) is 11.4. The van der Waals surface area contributed by atoms with Crippen molar-refractivity contribution < 1.29 is 13.2 Å². The molecule has 0 spiro atoms. The Labute approximate surface area is 151 Å². The maximum atomic E-state index is 13.2. The molecule has 1 aliphatic heterocycles. The number of aryl methyl sites for hydroxylation is 1. The maximum Gasteiger partial charge on any atom is 0.244 e. The second kappa shape index (κ2) is 6.86. The van der Waals surface area contributed by atoms with Crippen LogP contribution >= 0.6 is 15.9 Å². The van der Waals surface area contributed by atoms with E-state index in [2.05, 4.69) is 15.9 Å². The number of ether oxygens (including phenoxy) is 1. The summed E-state index contributed by atoms with van der Waals surface area (Å²) in [6, 6.07) is 12.8. The molecule has 1 heterocycles. The van der Waals surface area contributed by atoms with Crippen molar-refractivity contribution in [2.75, 3.05) is 13.7 Å². The van der Waals surface area contributed by atoms with Crippen molar-refractivity contribution in [1.29, 1.82) is 0 Å². The fourth-order valence-electron chi connectivity index (χ4n) is 3.15. The van der Waals surface area contributed by atoms with Crippen LogP contribution in [0, 0.1) is 6.92 Å². The highest BCUT2D eigenvalue weighted by Crippen LogP contribution is 2.39. The molecule has 1 saturated heterocycles. The lowest BCUT2D eigenvalue weighted by Crippen LogP contribution is -2.31. The Bertz CT molecular complexity index is 851. The van der Waals surface area contributed by atoms with Gasteiger partial charge >= 0.3 is 0 Å². The molecule has 2 aromatic carbocycles. The van der Waals surface area contributed by atoms with Gasteiger partial charge in [0.05, 0.1) is 18.0 Å². The van der Waals surface area contributed by atoms with E-state index in [1.165, 1.54) is 0 Å². The summed E-state index contributed by atoms with van der Waals surface area (Å²) in [6.07, 6.45) is 1.67. The summed E-state index contributed by atoms with van der Waals surface area (Å²) in [4.78, 5) is 0.322. The lowest BCUT2D eigenvalue weighted by molar-refractivity contribution is 0.390. The minimum Gasteiger partial charge on any atom is -0.497 e. The summed E-state index contributed by atoms with van der Waals surface area (Å²) in [5.74, 6) is 0.744. The van der Waals surface area contributed by atoms with Crippen LogP contribution in [0.2, 0.25) is 0 Å². The highest BCUT2D eigenvalue weighted by molar-refractivity contribution is 9.10. The fourth-order valence-corrected chi connectivity index (χ4v) is 5.99. The monoisotopic (exact) mass is 409 g/mol. The van der Waals surface area contributed by atoms with Gasteiger partial charge in [0.25, 0.3) is 0 Å². The molecule has 0 saturated carbocycles. The van der Waals surface area contributed by atoms with Gasteiger partial charge in [0, 0.05) is 11.0 Å². The highest BCUT2D eigenvalue weighted by Gasteiger charge is 2.37.